The summed E-state index contributed by atoms with van der Waals surface area (Å²) in [6.07, 6.45) is 0. The second kappa shape index (κ2) is 5.65. The molecule has 0 saturated carbocycles. The van der Waals surface area contributed by atoms with Crippen LogP contribution in [0.15, 0.2) is 51.4 Å². The number of halogens is 3. The topological polar surface area (TPSA) is 12.0 Å². The standard InChI is InChI=1S/C13H10Br2FN/c14-11-4-2-1-3-9(11)8-17-13-7-10(16)5-6-12(13)15/h1-7,17H,8H2. The molecule has 0 heterocycles. The lowest BCUT2D eigenvalue weighted by Gasteiger charge is -2.10. The molecule has 2 aromatic rings. The van der Waals surface area contributed by atoms with Gasteiger partial charge in [-0.25, -0.2) is 4.39 Å². The van der Waals surface area contributed by atoms with Gasteiger partial charge in [0.1, 0.15) is 5.82 Å². The Labute approximate surface area is 116 Å². The molecule has 0 unspecified atom stereocenters. The van der Waals surface area contributed by atoms with Crippen LogP contribution in [0.2, 0.25) is 0 Å². The van der Waals surface area contributed by atoms with Gasteiger partial charge in [0.15, 0.2) is 0 Å². The summed E-state index contributed by atoms with van der Waals surface area (Å²) in [7, 11) is 0. The first kappa shape index (κ1) is 12.6. The molecule has 0 bridgehead atoms. The molecule has 0 saturated heterocycles. The molecule has 1 nitrogen and oxygen atoms in total. The minimum absolute atomic E-state index is 0.247. The largest absolute Gasteiger partial charge is 0.380 e. The van der Waals surface area contributed by atoms with E-state index in [0.717, 1.165) is 20.2 Å². The fourth-order valence-corrected chi connectivity index (χ4v) is 2.28. The maximum atomic E-state index is 13.1. The molecule has 0 aliphatic carbocycles. The Kier molecular flexibility index (Phi) is 4.18. The van der Waals surface area contributed by atoms with Crippen molar-refractivity contribution in [2.45, 2.75) is 6.54 Å². The average Bonchev–Trinajstić information content (AvgIpc) is 2.32. The molecule has 0 radical (unpaired) electrons. The predicted molar refractivity (Wildman–Crippen MR) is 75.6 cm³/mol. The van der Waals surface area contributed by atoms with E-state index in [9.17, 15) is 4.39 Å². The van der Waals surface area contributed by atoms with Gasteiger partial charge in [-0.2, -0.15) is 0 Å². The second-order valence-electron chi connectivity index (χ2n) is 3.57. The van der Waals surface area contributed by atoms with E-state index >= 15 is 0 Å². The molecule has 2 rings (SSSR count). The first-order valence-corrected chi connectivity index (χ1v) is 6.68. The number of hydrogen-bond donors (Lipinski definition) is 1. The molecular weight excluding hydrogens is 349 g/mol. The van der Waals surface area contributed by atoms with Crippen LogP contribution in [0, 0.1) is 5.82 Å². The first-order chi connectivity index (χ1) is 8.16. The summed E-state index contributed by atoms with van der Waals surface area (Å²) in [6.45, 7) is 0.642. The average molecular weight is 359 g/mol. The number of anilines is 1. The van der Waals surface area contributed by atoms with Gasteiger partial charge in [-0.15, -0.1) is 0 Å². The lowest BCUT2D eigenvalue weighted by Crippen LogP contribution is -2.01. The molecule has 2 aromatic carbocycles. The van der Waals surface area contributed by atoms with Crippen LogP contribution in [-0.2, 0) is 6.54 Å². The van der Waals surface area contributed by atoms with Crippen molar-refractivity contribution in [3.05, 3.63) is 62.8 Å². The Morgan fingerprint density at radius 2 is 1.76 bits per heavy atom. The number of nitrogens with one attached hydrogen (secondary N) is 1. The highest BCUT2D eigenvalue weighted by Crippen LogP contribution is 2.24. The fourth-order valence-electron chi connectivity index (χ4n) is 1.47. The summed E-state index contributed by atoms with van der Waals surface area (Å²) < 4.78 is 15.0. The van der Waals surface area contributed by atoms with E-state index in [2.05, 4.69) is 37.2 Å². The highest BCUT2D eigenvalue weighted by atomic mass is 79.9. The third-order valence-electron chi connectivity index (χ3n) is 2.36. The smallest absolute Gasteiger partial charge is 0.125 e. The number of hydrogen-bond acceptors (Lipinski definition) is 1. The summed E-state index contributed by atoms with van der Waals surface area (Å²) in [6, 6.07) is 12.5. The molecule has 0 spiro atoms. The van der Waals surface area contributed by atoms with E-state index in [1.807, 2.05) is 24.3 Å². The summed E-state index contributed by atoms with van der Waals surface area (Å²) in [5.74, 6) is -0.247. The molecular formula is C13H10Br2FN. The van der Waals surface area contributed by atoms with Crippen molar-refractivity contribution in [1.29, 1.82) is 0 Å². The van der Waals surface area contributed by atoms with Gasteiger partial charge in [0.05, 0.1) is 5.69 Å². The normalized spacial score (nSPS) is 10.3. The summed E-state index contributed by atoms with van der Waals surface area (Å²) in [5, 5.41) is 3.19. The highest BCUT2D eigenvalue weighted by Gasteiger charge is 2.03. The Hall–Kier alpha value is -0.870. The Balaban J connectivity index is 2.12. The van der Waals surface area contributed by atoms with Crippen LogP contribution in [0.4, 0.5) is 10.1 Å². The Morgan fingerprint density at radius 3 is 2.53 bits per heavy atom. The Bertz CT molecular complexity index is 529. The van der Waals surface area contributed by atoms with Gasteiger partial charge in [-0.1, -0.05) is 34.1 Å². The van der Waals surface area contributed by atoms with Crippen LogP contribution in [0.25, 0.3) is 0 Å². The Morgan fingerprint density at radius 1 is 1.00 bits per heavy atom. The third kappa shape index (κ3) is 3.30. The van der Waals surface area contributed by atoms with Crippen LogP contribution in [-0.4, -0.2) is 0 Å². The van der Waals surface area contributed by atoms with E-state index in [-0.39, 0.29) is 5.82 Å². The molecule has 0 amide bonds. The lowest BCUT2D eigenvalue weighted by atomic mass is 10.2. The van der Waals surface area contributed by atoms with Crippen molar-refractivity contribution in [2.24, 2.45) is 0 Å². The summed E-state index contributed by atoms with van der Waals surface area (Å²) in [4.78, 5) is 0. The molecule has 4 heteroatoms. The zero-order valence-electron chi connectivity index (χ0n) is 8.88. The molecule has 0 aliphatic rings. The summed E-state index contributed by atoms with van der Waals surface area (Å²) in [5.41, 5.74) is 1.88. The van der Waals surface area contributed by atoms with Crippen LogP contribution >= 0.6 is 31.9 Å². The first-order valence-electron chi connectivity index (χ1n) is 5.09. The highest BCUT2D eigenvalue weighted by molar-refractivity contribution is 9.10. The van der Waals surface area contributed by atoms with E-state index in [4.69, 9.17) is 0 Å². The molecule has 0 fully saturated rings. The monoisotopic (exact) mass is 357 g/mol. The van der Waals surface area contributed by atoms with E-state index < -0.39 is 0 Å². The lowest BCUT2D eigenvalue weighted by molar-refractivity contribution is 0.628. The van der Waals surface area contributed by atoms with E-state index in [1.165, 1.54) is 12.1 Å². The van der Waals surface area contributed by atoms with Crippen molar-refractivity contribution >= 4 is 37.5 Å². The van der Waals surface area contributed by atoms with Gasteiger partial charge in [0.25, 0.3) is 0 Å². The SMILES string of the molecule is Fc1ccc(Br)c(NCc2ccccc2Br)c1. The van der Waals surface area contributed by atoms with Gasteiger partial charge in [0, 0.05) is 15.5 Å². The van der Waals surface area contributed by atoms with Crippen molar-refractivity contribution < 1.29 is 4.39 Å². The quantitative estimate of drug-likeness (QED) is 0.817. The molecule has 17 heavy (non-hydrogen) atoms. The fraction of sp³-hybridized carbons (Fsp3) is 0.0769. The molecule has 0 aliphatic heterocycles. The van der Waals surface area contributed by atoms with Gasteiger partial charge in [0.2, 0.25) is 0 Å². The van der Waals surface area contributed by atoms with E-state index in [1.54, 1.807) is 6.07 Å². The zero-order chi connectivity index (χ0) is 12.3. The van der Waals surface area contributed by atoms with Crippen molar-refractivity contribution in [3.63, 3.8) is 0 Å². The van der Waals surface area contributed by atoms with Crippen molar-refractivity contribution in [2.75, 3.05) is 5.32 Å². The molecule has 1 N–H and O–H groups in total. The van der Waals surface area contributed by atoms with Crippen LogP contribution in [0.3, 0.4) is 0 Å². The van der Waals surface area contributed by atoms with Crippen LogP contribution < -0.4 is 5.32 Å². The van der Waals surface area contributed by atoms with Crippen molar-refractivity contribution in [3.8, 4) is 0 Å². The van der Waals surface area contributed by atoms with Crippen molar-refractivity contribution in [1.82, 2.24) is 0 Å². The van der Waals surface area contributed by atoms with Gasteiger partial charge in [-0.05, 0) is 45.8 Å². The van der Waals surface area contributed by atoms with Gasteiger partial charge in [-0.3, -0.25) is 0 Å². The number of rotatable bonds is 3. The molecule has 0 aromatic heterocycles. The van der Waals surface area contributed by atoms with Gasteiger partial charge >= 0.3 is 0 Å². The van der Waals surface area contributed by atoms with Crippen LogP contribution in [0.5, 0.6) is 0 Å². The van der Waals surface area contributed by atoms with Gasteiger partial charge < -0.3 is 5.32 Å². The maximum Gasteiger partial charge on any atom is 0.125 e. The minimum Gasteiger partial charge on any atom is -0.380 e. The maximum absolute atomic E-state index is 13.1. The van der Waals surface area contributed by atoms with E-state index in [0.29, 0.717) is 6.54 Å². The zero-order valence-corrected chi connectivity index (χ0v) is 12.1. The number of benzene rings is 2. The molecule has 0 atom stereocenters. The minimum atomic E-state index is -0.247. The predicted octanol–water partition coefficient (Wildman–Crippen LogP) is 4.96. The van der Waals surface area contributed by atoms with Crippen LogP contribution in [0.1, 0.15) is 5.56 Å². The third-order valence-corrected chi connectivity index (χ3v) is 3.82. The molecule has 88 valence electrons. The summed E-state index contributed by atoms with van der Waals surface area (Å²) >= 11 is 6.86. The second-order valence-corrected chi connectivity index (χ2v) is 5.28.